The Morgan fingerprint density at radius 1 is 1.04 bits per heavy atom. The first-order chi connectivity index (χ1) is 13.6. The number of aromatic nitrogens is 1. The van der Waals surface area contributed by atoms with Crippen LogP contribution in [0.1, 0.15) is 18.1 Å². The second-order valence-electron chi connectivity index (χ2n) is 6.61. The van der Waals surface area contributed by atoms with Gasteiger partial charge in [0.2, 0.25) is 0 Å². The molecular weight excluding hydrogens is 432 g/mol. The fraction of sp³-hybridized carbons (Fsp3) is 0.174. The monoisotopic (exact) mass is 452 g/mol. The Morgan fingerprint density at radius 2 is 1.86 bits per heavy atom. The van der Waals surface area contributed by atoms with Gasteiger partial charge in [-0.2, -0.15) is 0 Å². The number of aryl methyl sites for hydroxylation is 1. The summed E-state index contributed by atoms with van der Waals surface area (Å²) in [6.45, 7) is 5.47. The predicted octanol–water partition coefficient (Wildman–Crippen LogP) is 7.05. The van der Waals surface area contributed by atoms with Gasteiger partial charge in [0.1, 0.15) is 10.8 Å². The first-order valence-corrected chi connectivity index (χ1v) is 10.9. The first-order valence-electron chi connectivity index (χ1n) is 9.25. The third-order valence-electron chi connectivity index (χ3n) is 4.48. The highest BCUT2D eigenvalue weighted by Gasteiger charge is 2.08. The van der Waals surface area contributed by atoms with Crippen molar-refractivity contribution in [2.75, 3.05) is 11.9 Å². The second-order valence-corrected chi connectivity index (χ2v) is 8.55. The Morgan fingerprint density at radius 3 is 2.64 bits per heavy atom. The zero-order valence-corrected chi connectivity index (χ0v) is 18.2. The number of nitrogens with zero attached hydrogens (tertiary/aromatic N) is 1. The molecule has 0 fully saturated rings. The highest BCUT2D eigenvalue weighted by molar-refractivity contribution is 9.10. The highest BCUT2D eigenvalue weighted by Crippen LogP contribution is 2.31. The number of hydrogen-bond acceptors (Lipinski definition) is 4. The number of ether oxygens (including phenoxy) is 1. The van der Waals surface area contributed by atoms with Crippen LogP contribution < -0.4 is 10.1 Å². The summed E-state index contributed by atoms with van der Waals surface area (Å²) in [5, 5.41) is 4.54. The molecule has 5 heteroatoms. The van der Waals surface area contributed by atoms with Gasteiger partial charge < -0.3 is 10.1 Å². The maximum Gasteiger partial charge on any atom is 0.124 e. The summed E-state index contributed by atoms with van der Waals surface area (Å²) in [6, 6.07) is 20.9. The van der Waals surface area contributed by atoms with E-state index in [0.717, 1.165) is 37.6 Å². The summed E-state index contributed by atoms with van der Waals surface area (Å²) >= 11 is 5.28. The van der Waals surface area contributed by atoms with Crippen LogP contribution in [-0.2, 0) is 6.54 Å². The number of thiazole rings is 1. The van der Waals surface area contributed by atoms with Crippen LogP contribution >= 0.6 is 27.3 Å². The second kappa shape index (κ2) is 8.33. The standard InChI is InChI=1S/C23H21BrN2OS/c1-3-27-21-11-7-18(24)13-17(21)14-25-19-8-5-16(6-9-19)23-26-20-10-4-15(2)12-22(20)28-23/h4-13,25H,3,14H2,1-2H3. The lowest BCUT2D eigenvalue weighted by molar-refractivity contribution is 0.337. The van der Waals surface area contributed by atoms with E-state index in [0.29, 0.717) is 13.2 Å². The number of rotatable bonds is 6. The molecule has 0 saturated heterocycles. The zero-order chi connectivity index (χ0) is 19.5. The molecule has 0 saturated carbocycles. The van der Waals surface area contributed by atoms with Crippen molar-refractivity contribution in [3.8, 4) is 16.3 Å². The van der Waals surface area contributed by atoms with E-state index in [1.54, 1.807) is 11.3 Å². The van der Waals surface area contributed by atoms with Crippen molar-refractivity contribution in [3.05, 3.63) is 76.3 Å². The molecule has 0 radical (unpaired) electrons. The summed E-state index contributed by atoms with van der Waals surface area (Å²) in [5.41, 5.74) is 5.67. The van der Waals surface area contributed by atoms with Crippen molar-refractivity contribution in [3.63, 3.8) is 0 Å². The fourth-order valence-corrected chi connectivity index (χ4v) is 4.54. The lowest BCUT2D eigenvalue weighted by Gasteiger charge is -2.12. The van der Waals surface area contributed by atoms with Crippen molar-refractivity contribution < 1.29 is 4.74 Å². The number of halogens is 1. The van der Waals surface area contributed by atoms with Crippen LogP contribution in [0.15, 0.2) is 65.1 Å². The molecule has 0 aliphatic rings. The molecular formula is C23H21BrN2OS. The minimum absolute atomic E-state index is 0.658. The smallest absolute Gasteiger partial charge is 0.124 e. The van der Waals surface area contributed by atoms with E-state index in [4.69, 9.17) is 9.72 Å². The van der Waals surface area contributed by atoms with Gasteiger partial charge in [0.05, 0.1) is 16.8 Å². The van der Waals surface area contributed by atoms with Gasteiger partial charge in [-0.25, -0.2) is 4.98 Å². The van der Waals surface area contributed by atoms with Crippen LogP contribution in [0, 0.1) is 6.92 Å². The molecule has 0 aliphatic heterocycles. The number of anilines is 1. The number of nitrogens with one attached hydrogen (secondary N) is 1. The fourth-order valence-electron chi connectivity index (χ4n) is 3.07. The minimum Gasteiger partial charge on any atom is -0.494 e. The summed E-state index contributed by atoms with van der Waals surface area (Å²) in [7, 11) is 0. The SMILES string of the molecule is CCOc1ccc(Br)cc1CNc1ccc(-c2nc3ccc(C)cc3s2)cc1. The van der Waals surface area contributed by atoms with Crippen LogP contribution in [0.4, 0.5) is 5.69 Å². The largest absolute Gasteiger partial charge is 0.494 e. The normalized spacial score (nSPS) is 11.0. The number of hydrogen-bond donors (Lipinski definition) is 1. The molecule has 4 aromatic rings. The molecule has 0 aliphatic carbocycles. The van der Waals surface area contributed by atoms with Gasteiger partial charge in [-0.15, -0.1) is 11.3 Å². The van der Waals surface area contributed by atoms with Crippen molar-refractivity contribution in [1.82, 2.24) is 4.98 Å². The van der Waals surface area contributed by atoms with Gasteiger partial charge in [-0.05, 0) is 74.0 Å². The Hall–Kier alpha value is -2.37. The zero-order valence-electron chi connectivity index (χ0n) is 15.8. The number of benzene rings is 3. The van der Waals surface area contributed by atoms with E-state index in [-0.39, 0.29) is 0 Å². The lowest BCUT2D eigenvalue weighted by atomic mass is 10.1. The van der Waals surface area contributed by atoms with Gasteiger partial charge >= 0.3 is 0 Å². The van der Waals surface area contributed by atoms with Crippen LogP contribution in [0.5, 0.6) is 5.75 Å². The third-order valence-corrected chi connectivity index (χ3v) is 6.04. The molecule has 0 bridgehead atoms. The molecule has 28 heavy (non-hydrogen) atoms. The Kier molecular flexibility index (Phi) is 5.64. The summed E-state index contributed by atoms with van der Waals surface area (Å²) in [5.74, 6) is 0.916. The van der Waals surface area contributed by atoms with Crippen LogP contribution in [-0.4, -0.2) is 11.6 Å². The Balaban J connectivity index is 1.50. The molecule has 0 unspecified atom stereocenters. The molecule has 1 aromatic heterocycles. The molecule has 0 spiro atoms. The van der Waals surface area contributed by atoms with Crippen LogP contribution in [0.25, 0.3) is 20.8 Å². The van der Waals surface area contributed by atoms with E-state index < -0.39 is 0 Å². The molecule has 3 aromatic carbocycles. The summed E-state index contributed by atoms with van der Waals surface area (Å²) < 4.78 is 8.01. The summed E-state index contributed by atoms with van der Waals surface area (Å²) in [4.78, 5) is 4.77. The van der Waals surface area contributed by atoms with Crippen molar-refractivity contribution in [2.24, 2.45) is 0 Å². The Bertz CT molecular complexity index is 1110. The summed E-state index contributed by atoms with van der Waals surface area (Å²) in [6.07, 6.45) is 0. The molecule has 4 rings (SSSR count). The van der Waals surface area contributed by atoms with Gasteiger partial charge in [-0.1, -0.05) is 22.0 Å². The van der Waals surface area contributed by atoms with Crippen LogP contribution in [0.2, 0.25) is 0 Å². The molecule has 0 amide bonds. The van der Waals surface area contributed by atoms with Gasteiger partial charge in [0.15, 0.2) is 0 Å². The lowest BCUT2D eigenvalue weighted by Crippen LogP contribution is -2.03. The van der Waals surface area contributed by atoms with Crippen molar-refractivity contribution >= 4 is 43.2 Å². The van der Waals surface area contributed by atoms with Crippen molar-refractivity contribution in [2.45, 2.75) is 20.4 Å². The highest BCUT2D eigenvalue weighted by atomic mass is 79.9. The molecule has 0 atom stereocenters. The maximum atomic E-state index is 5.73. The van der Waals surface area contributed by atoms with Gasteiger partial charge in [0.25, 0.3) is 0 Å². The van der Waals surface area contributed by atoms with E-state index in [1.807, 2.05) is 19.1 Å². The molecule has 1 heterocycles. The third kappa shape index (κ3) is 4.21. The topological polar surface area (TPSA) is 34.1 Å². The average Bonchev–Trinajstić information content (AvgIpc) is 3.12. The van der Waals surface area contributed by atoms with Crippen LogP contribution in [0.3, 0.4) is 0 Å². The van der Waals surface area contributed by atoms with E-state index >= 15 is 0 Å². The predicted molar refractivity (Wildman–Crippen MR) is 122 cm³/mol. The maximum absolute atomic E-state index is 5.73. The molecule has 1 N–H and O–H groups in total. The van der Waals surface area contributed by atoms with Crippen molar-refractivity contribution in [1.29, 1.82) is 0 Å². The molecule has 142 valence electrons. The first kappa shape index (κ1) is 19.0. The quantitative estimate of drug-likeness (QED) is 0.340. The number of fused-ring (bicyclic) bond motifs is 1. The van der Waals surface area contributed by atoms with E-state index in [9.17, 15) is 0 Å². The van der Waals surface area contributed by atoms with Gasteiger partial charge in [-0.3, -0.25) is 0 Å². The Labute approximate surface area is 177 Å². The average molecular weight is 453 g/mol. The van der Waals surface area contributed by atoms with E-state index in [1.165, 1.54) is 10.3 Å². The molecule has 3 nitrogen and oxygen atoms in total. The van der Waals surface area contributed by atoms with E-state index in [2.05, 4.69) is 76.7 Å². The van der Waals surface area contributed by atoms with Gasteiger partial charge in [0, 0.05) is 27.8 Å². The minimum atomic E-state index is 0.658.